The molecule has 0 N–H and O–H groups in total. The van der Waals surface area contributed by atoms with E-state index in [9.17, 15) is 9.59 Å². The van der Waals surface area contributed by atoms with Gasteiger partial charge < -0.3 is 14.4 Å². The predicted octanol–water partition coefficient (Wildman–Crippen LogP) is 3.12. The van der Waals surface area contributed by atoms with Gasteiger partial charge in [0.15, 0.2) is 11.5 Å². The van der Waals surface area contributed by atoms with Crippen LogP contribution in [0.2, 0.25) is 0 Å². The van der Waals surface area contributed by atoms with E-state index in [2.05, 4.69) is 29.5 Å². The summed E-state index contributed by atoms with van der Waals surface area (Å²) in [5.74, 6) is 1.52. The van der Waals surface area contributed by atoms with Crippen molar-refractivity contribution in [3.05, 3.63) is 33.0 Å². The lowest BCUT2D eigenvalue weighted by Crippen LogP contribution is -2.32. The molecule has 0 radical (unpaired) electrons. The molecule has 6 heteroatoms. The van der Waals surface area contributed by atoms with Crippen LogP contribution in [0.3, 0.4) is 0 Å². The molecule has 1 saturated heterocycles. The van der Waals surface area contributed by atoms with Crippen molar-refractivity contribution in [1.82, 2.24) is 4.90 Å². The zero-order valence-electron chi connectivity index (χ0n) is 12.7. The van der Waals surface area contributed by atoms with Crippen molar-refractivity contribution in [3.8, 4) is 11.5 Å². The minimum atomic E-state index is -0.202. The molecule has 0 bridgehead atoms. The van der Waals surface area contributed by atoms with Crippen LogP contribution in [-0.4, -0.2) is 29.9 Å². The first-order valence-corrected chi connectivity index (χ1v) is 8.69. The summed E-state index contributed by atoms with van der Waals surface area (Å²) in [6.45, 7) is 2.92. The van der Waals surface area contributed by atoms with Crippen molar-refractivity contribution in [3.63, 3.8) is 0 Å². The number of ketones is 1. The van der Waals surface area contributed by atoms with Crippen LogP contribution < -0.4 is 9.47 Å². The van der Waals surface area contributed by atoms with Gasteiger partial charge in [-0.2, -0.15) is 0 Å². The number of carbonyl (C=O) groups excluding carboxylic acids is 2. The quantitative estimate of drug-likeness (QED) is 0.649. The van der Waals surface area contributed by atoms with E-state index in [1.54, 1.807) is 6.07 Å². The van der Waals surface area contributed by atoms with E-state index in [1.165, 1.54) is 0 Å². The number of benzene rings is 1. The van der Waals surface area contributed by atoms with E-state index >= 15 is 0 Å². The van der Waals surface area contributed by atoms with E-state index in [0.29, 0.717) is 36.4 Å². The number of amides is 1. The molecule has 2 aliphatic heterocycles. The summed E-state index contributed by atoms with van der Waals surface area (Å²) >= 11 is 2.15. The SMILES string of the molecule is CC12CCN(C(=O)c3cc4c(cc3I)OCO4)C1=CCC(=O)C2. The molecule has 4 rings (SSSR count). The van der Waals surface area contributed by atoms with Crippen molar-refractivity contribution >= 4 is 34.3 Å². The molecule has 0 aromatic heterocycles. The number of allylic oxidation sites excluding steroid dienone is 2. The molecule has 1 aromatic carbocycles. The molecule has 1 aliphatic carbocycles. The van der Waals surface area contributed by atoms with Crippen LogP contribution in [0.1, 0.15) is 36.5 Å². The van der Waals surface area contributed by atoms with Crippen LogP contribution in [0.4, 0.5) is 0 Å². The lowest BCUT2D eigenvalue weighted by molar-refractivity contribution is -0.120. The summed E-state index contributed by atoms with van der Waals surface area (Å²) in [4.78, 5) is 26.6. The highest BCUT2D eigenvalue weighted by molar-refractivity contribution is 14.1. The predicted molar refractivity (Wildman–Crippen MR) is 91.4 cm³/mol. The van der Waals surface area contributed by atoms with Gasteiger partial charge in [-0.1, -0.05) is 13.0 Å². The first-order valence-electron chi connectivity index (χ1n) is 7.61. The number of Topliss-reactive ketones (excluding diaryl/α,β-unsaturated/α-hetero) is 1. The number of halogens is 1. The Morgan fingerprint density at radius 1 is 1.30 bits per heavy atom. The molecule has 0 saturated carbocycles. The Labute approximate surface area is 147 Å². The summed E-state index contributed by atoms with van der Waals surface area (Å²) in [5, 5.41) is 0. The summed E-state index contributed by atoms with van der Waals surface area (Å²) in [5.41, 5.74) is 1.42. The third-order valence-electron chi connectivity index (χ3n) is 4.84. The average molecular weight is 425 g/mol. The van der Waals surface area contributed by atoms with Crippen LogP contribution in [0.5, 0.6) is 11.5 Å². The highest BCUT2D eigenvalue weighted by Gasteiger charge is 2.44. The standard InChI is InChI=1S/C17H16INO4/c1-17-4-5-19(15(17)3-2-10(20)8-17)16(21)11-6-13-14(7-12(11)18)23-9-22-13/h3,6-7H,2,4-5,8-9H2,1H3. The molecule has 1 atom stereocenters. The van der Waals surface area contributed by atoms with Gasteiger partial charge in [0.25, 0.3) is 5.91 Å². The molecule has 1 amide bonds. The number of fused-ring (bicyclic) bond motifs is 2. The second-order valence-electron chi connectivity index (χ2n) is 6.46. The molecule has 3 aliphatic rings. The fourth-order valence-corrected chi connectivity index (χ4v) is 4.29. The van der Waals surface area contributed by atoms with Gasteiger partial charge in [-0.15, -0.1) is 0 Å². The first-order chi connectivity index (χ1) is 11.0. The maximum atomic E-state index is 13.0. The second-order valence-corrected chi connectivity index (χ2v) is 7.62. The zero-order valence-corrected chi connectivity index (χ0v) is 14.9. The first kappa shape index (κ1) is 15.0. The van der Waals surface area contributed by atoms with Crippen molar-refractivity contribution in [2.24, 2.45) is 5.41 Å². The van der Waals surface area contributed by atoms with E-state index in [1.807, 2.05) is 17.0 Å². The number of nitrogens with zero attached hydrogens (tertiary/aromatic N) is 1. The number of rotatable bonds is 1. The highest BCUT2D eigenvalue weighted by Crippen LogP contribution is 2.47. The third kappa shape index (κ3) is 2.34. The smallest absolute Gasteiger partial charge is 0.259 e. The third-order valence-corrected chi connectivity index (χ3v) is 5.74. The highest BCUT2D eigenvalue weighted by atomic mass is 127. The maximum absolute atomic E-state index is 13.0. The van der Waals surface area contributed by atoms with Gasteiger partial charge in [0.05, 0.1) is 5.56 Å². The monoisotopic (exact) mass is 425 g/mol. The molecule has 1 unspecified atom stereocenters. The topological polar surface area (TPSA) is 55.8 Å². The Hall–Kier alpha value is -1.57. The lowest BCUT2D eigenvalue weighted by Gasteiger charge is -2.31. The number of hydrogen-bond donors (Lipinski definition) is 0. The zero-order chi connectivity index (χ0) is 16.2. The van der Waals surface area contributed by atoms with Crippen LogP contribution in [0, 0.1) is 8.99 Å². The fourth-order valence-electron chi connectivity index (χ4n) is 3.62. The van der Waals surface area contributed by atoms with Crippen molar-refractivity contribution in [2.75, 3.05) is 13.3 Å². The van der Waals surface area contributed by atoms with Gasteiger partial charge in [-0.05, 0) is 41.1 Å². The Kier molecular flexibility index (Phi) is 3.40. The summed E-state index contributed by atoms with van der Waals surface area (Å²) < 4.78 is 11.6. The van der Waals surface area contributed by atoms with Gasteiger partial charge in [-0.25, -0.2) is 0 Å². The molecule has 1 aromatic rings. The van der Waals surface area contributed by atoms with E-state index < -0.39 is 0 Å². The van der Waals surface area contributed by atoms with E-state index in [-0.39, 0.29) is 23.9 Å². The molecule has 5 nitrogen and oxygen atoms in total. The number of ether oxygens (including phenoxy) is 2. The molecule has 1 fully saturated rings. The maximum Gasteiger partial charge on any atom is 0.259 e. The minimum absolute atomic E-state index is 0.0305. The van der Waals surface area contributed by atoms with E-state index in [4.69, 9.17) is 9.47 Å². The van der Waals surface area contributed by atoms with Crippen LogP contribution in [0.25, 0.3) is 0 Å². The van der Waals surface area contributed by atoms with Gasteiger partial charge in [0.1, 0.15) is 5.78 Å². The van der Waals surface area contributed by atoms with Gasteiger partial charge >= 0.3 is 0 Å². The summed E-state index contributed by atoms with van der Waals surface area (Å²) in [6.07, 6.45) is 3.71. The van der Waals surface area contributed by atoms with Crippen molar-refractivity contribution in [2.45, 2.75) is 26.2 Å². The number of carbonyl (C=O) groups is 2. The molecular weight excluding hydrogens is 409 g/mol. The largest absolute Gasteiger partial charge is 0.454 e. The fraction of sp³-hybridized carbons (Fsp3) is 0.412. The summed E-state index contributed by atoms with van der Waals surface area (Å²) in [7, 11) is 0. The normalized spacial score (nSPS) is 25.4. The Morgan fingerprint density at radius 2 is 2.04 bits per heavy atom. The van der Waals surface area contributed by atoms with Crippen molar-refractivity contribution in [1.29, 1.82) is 0 Å². The van der Waals surface area contributed by atoms with E-state index in [0.717, 1.165) is 15.7 Å². The van der Waals surface area contributed by atoms with Crippen LogP contribution in [0.15, 0.2) is 23.9 Å². The molecule has 0 spiro atoms. The lowest BCUT2D eigenvalue weighted by atomic mass is 9.77. The summed E-state index contributed by atoms with van der Waals surface area (Å²) in [6, 6.07) is 3.60. The van der Waals surface area contributed by atoms with Gasteiger partial charge in [0.2, 0.25) is 6.79 Å². The number of hydrogen-bond acceptors (Lipinski definition) is 4. The average Bonchev–Trinajstić information content (AvgIpc) is 3.08. The molecule has 120 valence electrons. The number of likely N-dealkylation sites (tertiary alicyclic amines) is 1. The van der Waals surface area contributed by atoms with Gasteiger partial charge in [0, 0.05) is 34.1 Å². The minimum Gasteiger partial charge on any atom is -0.454 e. The Balaban J connectivity index is 1.69. The van der Waals surface area contributed by atoms with Crippen LogP contribution in [-0.2, 0) is 4.79 Å². The molecular formula is C17H16INO4. The second kappa shape index (κ2) is 5.22. The van der Waals surface area contributed by atoms with Gasteiger partial charge in [-0.3, -0.25) is 9.59 Å². The Morgan fingerprint density at radius 3 is 2.83 bits per heavy atom. The molecule has 23 heavy (non-hydrogen) atoms. The molecule has 2 heterocycles. The van der Waals surface area contributed by atoms with Crippen molar-refractivity contribution < 1.29 is 19.1 Å². The Bertz CT molecular complexity index is 757. The van der Waals surface area contributed by atoms with Crippen LogP contribution >= 0.6 is 22.6 Å².